The second-order valence-corrected chi connectivity index (χ2v) is 4.54. The lowest BCUT2D eigenvalue weighted by Gasteiger charge is -2.20. The third-order valence-corrected chi connectivity index (χ3v) is 3.26. The van der Waals surface area contributed by atoms with Crippen LogP contribution in [0.25, 0.3) is 0 Å². The SMILES string of the molecule is COc1ccc([N+](=O)[O-])c(C(=O)N2CCCNCC2)c1. The number of hydrogen-bond donors (Lipinski definition) is 1. The Kier molecular flexibility index (Phi) is 4.52. The van der Waals surface area contributed by atoms with Crippen molar-refractivity contribution in [2.75, 3.05) is 33.3 Å². The number of nitro groups is 1. The van der Waals surface area contributed by atoms with Crippen molar-refractivity contribution in [3.63, 3.8) is 0 Å². The van der Waals surface area contributed by atoms with E-state index < -0.39 is 4.92 Å². The molecule has 7 nitrogen and oxygen atoms in total. The number of nitro benzene ring substituents is 1. The summed E-state index contributed by atoms with van der Waals surface area (Å²) in [7, 11) is 1.46. The number of hydrogen-bond acceptors (Lipinski definition) is 5. The van der Waals surface area contributed by atoms with E-state index in [1.54, 1.807) is 4.90 Å². The molecular formula is C13H17N3O4. The fraction of sp³-hybridized carbons (Fsp3) is 0.462. The molecule has 1 aliphatic rings. The topological polar surface area (TPSA) is 84.7 Å². The number of amides is 1. The quantitative estimate of drug-likeness (QED) is 0.660. The van der Waals surface area contributed by atoms with Crippen LogP contribution >= 0.6 is 0 Å². The van der Waals surface area contributed by atoms with E-state index in [1.165, 1.54) is 25.3 Å². The van der Waals surface area contributed by atoms with Crippen LogP contribution in [0, 0.1) is 10.1 Å². The van der Waals surface area contributed by atoms with Crippen LogP contribution < -0.4 is 10.1 Å². The molecule has 0 aliphatic carbocycles. The normalized spacial score (nSPS) is 15.6. The average molecular weight is 279 g/mol. The third kappa shape index (κ3) is 3.05. The summed E-state index contributed by atoms with van der Waals surface area (Å²) in [6, 6.07) is 4.22. The van der Waals surface area contributed by atoms with Crippen LogP contribution in [0.5, 0.6) is 5.75 Å². The highest BCUT2D eigenvalue weighted by molar-refractivity contribution is 5.98. The Morgan fingerprint density at radius 3 is 2.90 bits per heavy atom. The molecule has 0 saturated carbocycles. The van der Waals surface area contributed by atoms with E-state index >= 15 is 0 Å². The Morgan fingerprint density at radius 2 is 2.20 bits per heavy atom. The van der Waals surface area contributed by atoms with E-state index in [1.807, 2.05) is 0 Å². The van der Waals surface area contributed by atoms with Gasteiger partial charge in [-0.05, 0) is 25.1 Å². The van der Waals surface area contributed by atoms with Crippen LogP contribution in [0.3, 0.4) is 0 Å². The van der Waals surface area contributed by atoms with E-state index in [9.17, 15) is 14.9 Å². The number of rotatable bonds is 3. The number of nitrogens with one attached hydrogen (secondary N) is 1. The van der Waals surface area contributed by atoms with Gasteiger partial charge < -0.3 is 15.0 Å². The van der Waals surface area contributed by atoms with Gasteiger partial charge >= 0.3 is 0 Å². The molecule has 0 spiro atoms. The summed E-state index contributed by atoms with van der Waals surface area (Å²) in [5, 5.41) is 14.2. The summed E-state index contributed by atoms with van der Waals surface area (Å²) in [6.45, 7) is 2.70. The predicted molar refractivity (Wildman–Crippen MR) is 73.0 cm³/mol. The number of methoxy groups -OCH3 is 1. The van der Waals surface area contributed by atoms with Gasteiger partial charge in [0.05, 0.1) is 12.0 Å². The molecule has 1 heterocycles. The van der Waals surface area contributed by atoms with Crippen molar-refractivity contribution >= 4 is 11.6 Å². The fourth-order valence-corrected chi connectivity index (χ4v) is 2.19. The number of nitrogens with zero attached hydrogens (tertiary/aromatic N) is 2. The van der Waals surface area contributed by atoms with Gasteiger partial charge in [-0.2, -0.15) is 0 Å². The van der Waals surface area contributed by atoms with Crippen molar-refractivity contribution < 1.29 is 14.5 Å². The molecule has 2 rings (SSSR count). The van der Waals surface area contributed by atoms with Crippen molar-refractivity contribution in [2.45, 2.75) is 6.42 Å². The van der Waals surface area contributed by atoms with Crippen LogP contribution in [-0.2, 0) is 0 Å². The van der Waals surface area contributed by atoms with Crippen molar-refractivity contribution in [1.82, 2.24) is 10.2 Å². The lowest BCUT2D eigenvalue weighted by Crippen LogP contribution is -2.34. The van der Waals surface area contributed by atoms with Gasteiger partial charge in [0.25, 0.3) is 11.6 Å². The Balaban J connectivity index is 2.33. The summed E-state index contributed by atoms with van der Waals surface area (Å²) in [5.74, 6) is 0.117. The highest BCUT2D eigenvalue weighted by atomic mass is 16.6. The van der Waals surface area contributed by atoms with Crippen LogP contribution in [0.15, 0.2) is 18.2 Å². The monoisotopic (exact) mass is 279 g/mol. The van der Waals surface area contributed by atoms with Gasteiger partial charge in [-0.3, -0.25) is 14.9 Å². The largest absolute Gasteiger partial charge is 0.497 e. The molecule has 1 amide bonds. The van der Waals surface area contributed by atoms with Crippen molar-refractivity contribution in [1.29, 1.82) is 0 Å². The minimum absolute atomic E-state index is 0.0799. The maximum atomic E-state index is 12.5. The highest BCUT2D eigenvalue weighted by Gasteiger charge is 2.25. The molecule has 0 atom stereocenters. The van der Waals surface area contributed by atoms with Gasteiger partial charge in [-0.25, -0.2) is 0 Å². The number of ether oxygens (including phenoxy) is 1. The lowest BCUT2D eigenvalue weighted by atomic mass is 10.1. The van der Waals surface area contributed by atoms with Gasteiger partial charge in [-0.1, -0.05) is 0 Å². The maximum Gasteiger partial charge on any atom is 0.282 e. The number of benzene rings is 1. The molecule has 7 heteroatoms. The van der Waals surface area contributed by atoms with Gasteiger partial charge in [-0.15, -0.1) is 0 Å². The third-order valence-electron chi connectivity index (χ3n) is 3.26. The molecule has 0 aromatic heterocycles. The van der Waals surface area contributed by atoms with Crippen LogP contribution in [0.2, 0.25) is 0 Å². The van der Waals surface area contributed by atoms with E-state index in [4.69, 9.17) is 4.74 Å². The van der Waals surface area contributed by atoms with Crippen LogP contribution in [0.4, 0.5) is 5.69 Å². The van der Waals surface area contributed by atoms with Gasteiger partial charge in [0.2, 0.25) is 0 Å². The summed E-state index contributed by atoms with van der Waals surface area (Å²) in [4.78, 5) is 24.6. The van der Waals surface area contributed by atoms with Crippen molar-refractivity contribution in [2.24, 2.45) is 0 Å². The van der Waals surface area contributed by atoms with E-state index in [0.29, 0.717) is 25.4 Å². The Bertz CT molecular complexity index is 510. The summed E-state index contributed by atoms with van der Waals surface area (Å²) in [6.07, 6.45) is 0.837. The average Bonchev–Trinajstić information content (AvgIpc) is 2.74. The molecule has 1 aromatic rings. The predicted octanol–water partition coefficient (Wildman–Crippen LogP) is 1.04. The molecule has 1 saturated heterocycles. The molecule has 0 unspecified atom stereocenters. The highest BCUT2D eigenvalue weighted by Crippen LogP contribution is 2.25. The van der Waals surface area contributed by atoms with Gasteiger partial charge in [0.15, 0.2) is 0 Å². The maximum absolute atomic E-state index is 12.5. The molecule has 1 aromatic carbocycles. The Hall–Kier alpha value is -2.15. The molecule has 20 heavy (non-hydrogen) atoms. The molecule has 0 bridgehead atoms. The molecular weight excluding hydrogens is 262 g/mol. The molecule has 1 N–H and O–H groups in total. The zero-order valence-electron chi connectivity index (χ0n) is 11.3. The first kappa shape index (κ1) is 14.3. The first-order valence-corrected chi connectivity index (χ1v) is 6.46. The fourth-order valence-electron chi connectivity index (χ4n) is 2.19. The molecule has 108 valence electrons. The molecule has 1 aliphatic heterocycles. The van der Waals surface area contributed by atoms with Gasteiger partial charge in [0.1, 0.15) is 11.3 Å². The first-order valence-electron chi connectivity index (χ1n) is 6.46. The van der Waals surface area contributed by atoms with E-state index in [2.05, 4.69) is 5.32 Å². The standard InChI is InChI=1S/C13H17N3O4/c1-20-10-3-4-12(16(18)19)11(9-10)13(17)15-7-2-5-14-6-8-15/h3-4,9,14H,2,5-8H2,1H3. The minimum atomic E-state index is -0.539. The smallest absolute Gasteiger partial charge is 0.282 e. The minimum Gasteiger partial charge on any atom is -0.497 e. The lowest BCUT2D eigenvalue weighted by molar-refractivity contribution is -0.385. The summed E-state index contributed by atoms with van der Waals surface area (Å²) < 4.78 is 5.05. The number of carbonyl (C=O) groups is 1. The molecule has 1 fully saturated rings. The number of carbonyl (C=O) groups excluding carboxylic acids is 1. The summed E-state index contributed by atoms with van der Waals surface area (Å²) in [5.41, 5.74) is -0.107. The zero-order chi connectivity index (χ0) is 14.5. The van der Waals surface area contributed by atoms with Crippen molar-refractivity contribution in [3.8, 4) is 5.75 Å². The van der Waals surface area contributed by atoms with Crippen molar-refractivity contribution in [3.05, 3.63) is 33.9 Å². The zero-order valence-corrected chi connectivity index (χ0v) is 11.3. The second-order valence-electron chi connectivity index (χ2n) is 4.54. The van der Waals surface area contributed by atoms with E-state index in [-0.39, 0.29) is 17.2 Å². The van der Waals surface area contributed by atoms with Crippen LogP contribution in [-0.4, -0.2) is 49.0 Å². The van der Waals surface area contributed by atoms with E-state index in [0.717, 1.165) is 13.0 Å². The second kappa shape index (κ2) is 6.33. The van der Waals surface area contributed by atoms with Gasteiger partial charge in [0, 0.05) is 25.7 Å². The first-order chi connectivity index (χ1) is 9.63. The Labute approximate surface area is 116 Å². The Morgan fingerprint density at radius 1 is 1.40 bits per heavy atom. The van der Waals surface area contributed by atoms with Crippen LogP contribution in [0.1, 0.15) is 16.8 Å². The summed E-state index contributed by atoms with van der Waals surface area (Å²) >= 11 is 0. The molecule has 0 radical (unpaired) electrons.